The van der Waals surface area contributed by atoms with Gasteiger partial charge < -0.3 is 15.2 Å². The zero-order valence-corrected chi connectivity index (χ0v) is 11.6. The Morgan fingerprint density at radius 3 is 2.33 bits per heavy atom. The number of carbonyl (C=O) groups excluding carboxylic acids is 1. The molecular weight excluding hydrogens is 234 g/mol. The summed E-state index contributed by atoms with van der Waals surface area (Å²) in [6, 6.07) is 0. The van der Waals surface area contributed by atoms with E-state index in [2.05, 4.69) is 5.32 Å². The van der Waals surface area contributed by atoms with Crippen LogP contribution in [-0.2, 0) is 14.3 Å². The summed E-state index contributed by atoms with van der Waals surface area (Å²) in [5.74, 6) is -1.20. The molecule has 1 aliphatic heterocycles. The van der Waals surface area contributed by atoms with Gasteiger partial charge in [-0.05, 0) is 40.5 Å². The predicted octanol–water partition coefficient (Wildman–Crippen LogP) is 1.42. The molecule has 1 fully saturated rings. The molecule has 5 nitrogen and oxygen atoms in total. The number of hydrogen-bond donors (Lipinski definition) is 2. The third-order valence-electron chi connectivity index (χ3n) is 4.06. The first-order valence-electron chi connectivity index (χ1n) is 6.31. The molecule has 18 heavy (non-hydrogen) atoms. The van der Waals surface area contributed by atoms with E-state index in [1.807, 2.05) is 0 Å². The summed E-state index contributed by atoms with van der Waals surface area (Å²) in [5, 5.41) is 12.1. The summed E-state index contributed by atoms with van der Waals surface area (Å²) in [5.41, 5.74) is -1.84. The number of aliphatic carboxylic acids is 1. The first-order chi connectivity index (χ1) is 8.18. The summed E-state index contributed by atoms with van der Waals surface area (Å²) in [4.78, 5) is 23.3. The highest BCUT2D eigenvalue weighted by atomic mass is 16.5. The molecule has 1 saturated heterocycles. The molecule has 0 radical (unpaired) electrons. The van der Waals surface area contributed by atoms with Gasteiger partial charge in [0.1, 0.15) is 0 Å². The Morgan fingerprint density at radius 2 is 1.89 bits per heavy atom. The van der Waals surface area contributed by atoms with E-state index in [9.17, 15) is 14.7 Å². The normalized spacial score (nSPS) is 21.4. The fourth-order valence-electron chi connectivity index (χ4n) is 1.78. The molecule has 2 N–H and O–H groups in total. The van der Waals surface area contributed by atoms with Gasteiger partial charge in [-0.25, -0.2) is 0 Å². The smallest absolute Gasteiger partial charge is 0.311 e. The maximum atomic E-state index is 12.1. The Morgan fingerprint density at radius 1 is 1.28 bits per heavy atom. The van der Waals surface area contributed by atoms with E-state index in [1.54, 1.807) is 27.7 Å². The van der Waals surface area contributed by atoms with Crippen LogP contribution in [0.4, 0.5) is 0 Å². The van der Waals surface area contributed by atoms with Gasteiger partial charge >= 0.3 is 5.97 Å². The minimum Gasteiger partial charge on any atom is -0.481 e. The Bertz CT molecular complexity index is 330. The second-order valence-electron chi connectivity index (χ2n) is 5.96. The van der Waals surface area contributed by atoms with Crippen LogP contribution in [0.2, 0.25) is 0 Å². The number of carboxylic acid groups (broad SMARTS) is 1. The molecule has 1 aliphatic rings. The van der Waals surface area contributed by atoms with Crippen molar-refractivity contribution >= 4 is 11.9 Å². The average molecular weight is 257 g/mol. The van der Waals surface area contributed by atoms with Crippen LogP contribution in [0.25, 0.3) is 0 Å². The lowest BCUT2D eigenvalue weighted by molar-refractivity contribution is -0.152. The fraction of sp³-hybridized carbons (Fsp3) is 0.846. The lowest BCUT2D eigenvalue weighted by Gasteiger charge is -2.40. The minimum atomic E-state index is -1.03. The second kappa shape index (κ2) is 5.26. The van der Waals surface area contributed by atoms with E-state index in [1.165, 1.54) is 0 Å². The quantitative estimate of drug-likeness (QED) is 0.798. The maximum Gasteiger partial charge on any atom is 0.311 e. The lowest BCUT2D eigenvalue weighted by Crippen LogP contribution is -2.58. The van der Waals surface area contributed by atoms with Crippen molar-refractivity contribution in [2.45, 2.75) is 46.1 Å². The molecule has 0 aliphatic carbocycles. The zero-order chi connectivity index (χ0) is 14.0. The van der Waals surface area contributed by atoms with Gasteiger partial charge in [0.2, 0.25) is 5.91 Å². The fourth-order valence-corrected chi connectivity index (χ4v) is 1.78. The van der Waals surface area contributed by atoms with Gasteiger partial charge in [0.15, 0.2) is 0 Å². The standard InChI is InChI=1S/C13H23NO4/c1-12(2,11(16)17)13(3,4)14-10(15)9-6-5-7-18-8-9/h9H,5-8H2,1-4H3,(H,14,15)(H,16,17). The maximum absolute atomic E-state index is 12.1. The minimum absolute atomic E-state index is 0.117. The SMILES string of the molecule is CC(C)(NC(=O)C1CCCOC1)C(C)(C)C(=O)O. The number of ether oxygens (including phenoxy) is 1. The van der Waals surface area contributed by atoms with Gasteiger partial charge in [-0.3, -0.25) is 9.59 Å². The van der Waals surface area contributed by atoms with E-state index in [0.29, 0.717) is 13.2 Å². The van der Waals surface area contributed by atoms with Gasteiger partial charge in [0, 0.05) is 12.1 Å². The molecule has 1 amide bonds. The molecule has 0 bridgehead atoms. The van der Waals surface area contributed by atoms with Crippen LogP contribution in [0.5, 0.6) is 0 Å². The van der Waals surface area contributed by atoms with Crippen LogP contribution in [0, 0.1) is 11.3 Å². The Hall–Kier alpha value is -1.10. The van der Waals surface area contributed by atoms with Gasteiger partial charge in [-0.15, -0.1) is 0 Å². The molecule has 1 rings (SSSR count). The highest BCUT2D eigenvalue weighted by Gasteiger charge is 2.45. The molecule has 0 spiro atoms. The number of carboxylic acids is 1. The van der Waals surface area contributed by atoms with E-state index in [4.69, 9.17) is 4.74 Å². The highest BCUT2D eigenvalue weighted by molar-refractivity contribution is 5.82. The summed E-state index contributed by atoms with van der Waals surface area (Å²) in [6.45, 7) is 7.84. The van der Waals surface area contributed by atoms with Crippen LogP contribution < -0.4 is 5.32 Å². The van der Waals surface area contributed by atoms with Crippen molar-refractivity contribution in [3.63, 3.8) is 0 Å². The Kier molecular flexibility index (Phi) is 4.37. The highest BCUT2D eigenvalue weighted by Crippen LogP contribution is 2.31. The van der Waals surface area contributed by atoms with Crippen molar-refractivity contribution in [1.29, 1.82) is 0 Å². The Balaban J connectivity index is 2.70. The van der Waals surface area contributed by atoms with Crippen LogP contribution in [0.1, 0.15) is 40.5 Å². The van der Waals surface area contributed by atoms with E-state index >= 15 is 0 Å². The molecule has 0 saturated carbocycles. The molecule has 104 valence electrons. The molecule has 1 unspecified atom stereocenters. The lowest BCUT2D eigenvalue weighted by atomic mass is 9.74. The predicted molar refractivity (Wildman–Crippen MR) is 67.2 cm³/mol. The molecule has 1 heterocycles. The van der Waals surface area contributed by atoms with Crippen LogP contribution in [0.3, 0.4) is 0 Å². The van der Waals surface area contributed by atoms with Gasteiger partial charge in [-0.2, -0.15) is 0 Å². The van der Waals surface area contributed by atoms with Gasteiger partial charge in [0.05, 0.1) is 17.9 Å². The van der Waals surface area contributed by atoms with Crippen molar-refractivity contribution in [3.05, 3.63) is 0 Å². The molecule has 5 heteroatoms. The first-order valence-corrected chi connectivity index (χ1v) is 6.31. The van der Waals surface area contributed by atoms with Crippen molar-refractivity contribution in [3.8, 4) is 0 Å². The summed E-state index contributed by atoms with van der Waals surface area (Å²) in [6.07, 6.45) is 1.68. The van der Waals surface area contributed by atoms with Crippen molar-refractivity contribution < 1.29 is 19.4 Å². The van der Waals surface area contributed by atoms with Crippen LogP contribution in [-0.4, -0.2) is 35.7 Å². The zero-order valence-electron chi connectivity index (χ0n) is 11.6. The third-order valence-corrected chi connectivity index (χ3v) is 4.06. The monoisotopic (exact) mass is 257 g/mol. The molecule has 0 aromatic rings. The van der Waals surface area contributed by atoms with Gasteiger partial charge in [-0.1, -0.05) is 0 Å². The number of amides is 1. The average Bonchev–Trinajstić information content (AvgIpc) is 2.29. The molecule has 1 atom stereocenters. The number of rotatable bonds is 4. The van der Waals surface area contributed by atoms with E-state index in [0.717, 1.165) is 12.8 Å². The summed E-state index contributed by atoms with van der Waals surface area (Å²) >= 11 is 0. The van der Waals surface area contributed by atoms with Crippen molar-refractivity contribution in [1.82, 2.24) is 5.32 Å². The molecular formula is C13H23NO4. The van der Waals surface area contributed by atoms with Crippen molar-refractivity contribution in [2.75, 3.05) is 13.2 Å². The van der Waals surface area contributed by atoms with Crippen molar-refractivity contribution in [2.24, 2.45) is 11.3 Å². The van der Waals surface area contributed by atoms with E-state index < -0.39 is 16.9 Å². The first kappa shape index (κ1) is 15.0. The summed E-state index contributed by atoms with van der Waals surface area (Å²) < 4.78 is 5.27. The largest absolute Gasteiger partial charge is 0.481 e. The van der Waals surface area contributed by atoms with Crippen LogP contribution in [0.15, 0.2) is 0 Å². The number of carbonyl (C=O) groups is 2. The number of nitrogens with one attached hydrogen (secondary N) is 1. The van der Waals surface area contributed by atoms with Gasteiger partial charge in [0.25, 0.3) is 0 Å². The molecule has 0 aromatic carbocycles. The Labute approximate surface area is 108 Å². The van der Waals surface area contributed by atoms with E-state index in [-0.39, 0.29) is 11.8 Å². The second-order valence-corrected chi connectivity index (χ2v) is 5.96. The van der Waals surface area contributed by atoms with Crippen LogP contribution >= 0.6 is 0 Å². The topological polar surface area (TPSA) is 75.6 Å². The summed E-state index contributed by atoms with van der Waals surface area (Å²) in [7, 11) is 0. The third kappa shape index (κ3) is 3.02. The number of hydrogen-bond acceptors (Lipinski definition) is 3. The molecule has 0 aromatic heterocycles.